The van der Waals surface area contributed by atoms with Crippen molar-refractivity contribution in [1.29, 1.82) is 0 Å². The van der Waals surface area contributed by atoms with Gasteiger partial charge in [-0.25, -0.2) is 0 Å². The van der Waals surface area contributed by atoms with Crippen LogP contribution < -0.4 is 10.2 Å². The zero-order valence-electron chi connectivity index (χ0n) is 15.5. The lowest BCUT2D eigenvalue weighted by Crippen LogP contribution is -2.46. The fourth-order valence-electron chi connectivity index (χ4n) is 3.22. The minimum absolute atomic E-state index is 0.258. The number of benzene rings is 1. The van der Waals surface area contributed by atoms with Crippen molar-refractivity contribution in [2.75, 3.05) is 36.4 Å². The second-order valence-corrected chi connectivity index (χ2v) is 6.72. The minimum atomic E-state index is -0.258. The second kappa shape index (κ2) is 8.58. The number of carbonyl (C=O) groups excluding carboxylic acids is 1. The highest BCUT2D eigenvalue weighted by molar-refractivity contribution is 6.02. The van der Waals surface area contributed by atoms with Crippen LogP contribution in [0.2, 0.25) is 0 Å². The lowest BCUT2D eigenvalue weighted by atomic mass is 10.2. The summed E-state index contributed by atoms with van der Waals surface area (Å²) in [5.74, 6) is 0.545. The number of nitrogens with zero attached hydrogens (tertiary/aromatic N) is 5. The first-order valence-corrected chi connectivity index (χ1v) is 9.34. The smallest absolute Gasteiger partial charge is 0.276 e. The van der Waals surface area contributed by atoms with Crippen LogP contribution in [0.25, 0.3) is 0 Å². The molecule has 1 aromatic carbocycles. The van der Waals surface area contributed by atoms with Gasteiger partial charge in [-0.2, -0.15) is 0 Å². The lowest BCUT2D eigenvalue weighted by Gasteiger charge is -2.35. The van der Waals surface area contributed by atoms with E-state index in [-0.39, 0.29) is 5.91 Å². The molecule has 0 atom stereocenters. The van der Waals surface area contributed by atoms with Crippen molar-refractivity contribution >= 4 is 17.4 Å². The van der Waals surface area contributed by atoms with Gasteiger partial charge in [0.15, 0.2) is 11.5 Å². The summed E-state index contributed by atoms with van der Waals surface area (Å²) < 4.78 is 0. The monoisotopic (exact) mass is 374 g/mol. The molecule has 0 spiro atoms. The van der Waals surface area contributed by atoms with Crippen LogP contribution in [0.4, 0.5) is 11.5 Å². The predicted octanol–water partition coefficient (Wildman–Crippen LogP) is 2.45. The number of amides is 1. The summed E-state index contributed by atoms with van der Waals surface area (Å²) in [4.78, 5) is 21.1. The molecule has 2 aromatic heterocycles. The maximum atomic E-state index is 12.3. The van der Waals surface area contributed by atoms with Gasteiger partial charge in [-0.15, -0.1) is 10.2 Å². The van der Waals surface area contributed by atoms with Gasteiger partial charge in [-0.05, 0) is 35.9 Å². The van der Waals surface area contributed by atoms with Crippen molar-refractivity contribution in [3.05, 3.63) is 78.2 Å². The van der Waals surface area contributed by atoms with Crippen molar-refractivity contribution < 1.29 is 4.79 Å². The third kappa shape index (κ3) is 4.50. The number of carbonyl (C=O) groups is 1. The van der Waals surface area contributed by atoms with E-state index in [0.29, 0.717) is 5.69 Å². The zero-order valence-corrected chi connectivity index (χ0v) is 15.5. The number of nitrogens with one attached hydrogen (secondary N) is 1. The van der Waals surface area contributed by atoms with Crippen molar-refractivity contribution in [2.45, 2.75) is 6.54 Å². The van der Waals surface area contributed by atoms with Crippen LogP contribution >= 0.6 is 0 Å². The Morgan fingerprint density at radius 2 is 1.75 bits per heavy atom. The van der Waals surface area contributed by atoms with Crippen molar-refractivity contribution in [2.24, 2.45) is 0 Å². The quantitative estimate of drug-likeness (QED) is 0.739. The molecule has 1 fully saturated rings. The summed E-state index contributed by atoms with van der Waals surface area (Å²) >= 11 is 0. The predicted molar refractivity (Wildman–Crippen MR) is 108 cm³/mol. The first-order valence-electron chi connectivity index (χ1n) is 9.34. The van der Waals surface area contributed by atoms with Gasteiger partial charge in [0, 0.05) is 50.8 Å². The third-order valence-electron chi connectivity index (χ3n) is 4.74. The topological polar surface area (TPSA) is 74.2 Å². The minimum Gasteiger partial charge on any atom is -0.353 e. The summed E-state index contributed by atoms with van der Waals surface area (Å²) in [6.45, 7) is 4.57. The molecule has 1 N–H and O–H groups in total. The Labute approximate surface area is 164 Å². The van der Waals surface area contributed by atoms with Crippen LogP contribution in [-0.4, -0.2) is 52.2 Å². The molecule has 1 amide bonds. The molecule has 0 radical (unpaired) electrons. The van der Waals surface area contributed by atoms with Gasteiger partial charge in [-0.3, -0.25) is 14.7 Å². The van der Waals surface area contributed by atoms with Crippen molar-refractivity contribution in [3.8, 4) is 0 Å². The Kier molecular flexibility index (Phi) is 5.53. The Hall–Kier alpha value is -3.32. The van der Waals surface area contributed by atoms with E-state index in [1.165, 1.54) is 5.56 Å². The number of rotatable bonds is 5. The Balaban J connectivity index is 1.31. The summed E-state index contributed by atoms with van der Waals surface area (Å²) in [6, 6.07) is 17.0. The van der Waals surface area contributed by atoms with Crippen LogP contribution in [0.1, 0.15) is 16.1 Å². The van der Waals surface area contributed by atoms with E-state index < -0.39 is 0 Å². The van der Waals surface area contributed by atoms with Crippen molar-refractivity contribution in [3.63, 3.8) is 0 Å². The first kappa shape index (κ1) is 18.1. The normalized spacial score (nSPS) is 14.6. The van der Waals surface area contributed by atoms with Gasteiger partial charge in [0.05, 0.1) is 0 Å². The Bertz CT molecular complexity index is 893. The number of hydrogen-bond donors (Lipinski definition) is 1. The van der Waals surface area contributed by atoms with Crippen LogP contribution in [0, 0.1) is 0 Å². The summed E-state index contributed by atoms with van der Waals surface area (Å²) in [5.41, 5.74) is 2.27. The van der Waals surface area contributed by atoms with Crippen LogP contribution in [0.3, 0.4) is 0 Å². The highest BCUT2D eigenvalue weighted by Crippen LogP contribution is 2.15. The third-order valence-corrected chi connectivity index (χ3v) is 4.74. The van der Waals surface area contributed by atoms with Gasteiger partial charge < -0.3 is 10.2 Å². The molecule has 3 aromatic rings. The molecule has 28 heavy (non-hydrogen) atoms. The van der Waals surface area contributed by atoms with Crippen molar-refractivity contribution in [1.82, 2.24) is 20.1 Å². The molecule has 3 heterocycles. The molecule has 142 valence electrons. The van der Waals surface area contributed by atoms with E-state index in [1.54, 1.807) is 12.3 Å². The summed E-state index contributed by atoms with van der Waals surface area (Å²) in [7, 11) is 0. The standard InChI is InChI=1S/C21H22N6O/c28-21(23-18-6-2-1-3-7-18)19-8-9-20(25-24-19)27-13-11-26(12-14-27)16-17-5-4-10-22-15-17/h1-10,15H,11-14,16H2,(H,23,28). The van der Waals surface area contributed by atoms with E-state index in [0.717, 1.165) is 44.2 Å². The average Bonchev–Trinajstić information content (AvgIpc) is 2.76. The largest absolute Gasteiger partial charge is 0.353 e. The Morgan fingerprint density at radius 1 is 0.929 bits per heavy atom. The first-order chi connectivity index (χ1) is 13.8. The molecular formula is C21H22N6O. The van der Waals surface area contributed by atoms with Gasteiger partial charge in [-0.1, -0.05) is 24.3 Å². The number of para-hydroxylation sites is 1. The van der Waals surface area contributed by atoms with E-state index in [9.17, 15) is 4.79 Å². The molecule has 0 aliphatic carbocycles. The molecule has 4 rings (SSSR count). The van der Waals surface area contributed by atoms with Gasteiger partial charge in [0.2, 0.25) is 0 Å². The SMILES string of the molecule is O=C(Nc1ccccc1)c1ccc(N2CCN(Cc3cccnc3)CC2)nn1. The maximum absolute atomic E-state index is 12.3. The number of hydrogen-bond acceptors (Lipinski definition) is 6. The van der Waals surface area contributed by atoms with Gasteiger partial charge in [0.25, 0.3) is 5.91 Å². The number of aromatic nitrogens is 3. The van der Waals surface area contributed by atoms with Crippen LogP contribution in [0.15, 0.2) is 67.0 Å². The number of pyridine rings is 1. The maximum Gasteiger partial charge on any atom is 0.276 e. The molecule has 7 nitrogen and oxygen atoms in total. The molecule has 0 saturated carbocycles. The Morgan fingerprint density at radius 3 is 2.43 bits per heavy atom. The molecule has 1 saturated heterocycles. The fraction of sp³-hybridized carbons (Fsp3) is 0.238. The van der Waals surface area contributed by atoms with E-state index in [2.05, 4.69) is 36.4 Å². The fourth-order valence-corrected chi connectivity index (χ4v) is 3.22. The van der Waals surface area contributed by atoms with E-state index >= 15 is 0 Å². The highest BCUT2D eigenvalue weighted by Gasteiger charge is 2.19. The zero-order chi connectivity index (χ0) is 19.2. The summed E-state index contributed by atoms with van der Waals surface area (Å²) in [5, 5.41) is 11.2. The molecule has 0 unspecified atom stereocenters. The molecular weight excluding hydrogens is 352 g/mol. The average molecular weight is 374 g/mol. The highest BCUT2D eigenvalue weighted by atomic mass is 16.1. The van der Waals surface area contributed by atoms with E-state index in [4.69, 9.17) is 0 Å². The van der Waals surface area contributed by atoms with Crippen LogP contribution in [0.5, 0.6) is 0 Å². The van der Waals surface area contributed by atoms with Crippen LogP contribution in [-0.2, 0) is 6.54 Å². The number of piperazine rings is 1. The van der Waals surface area contributed by atoms with Gasteiger partial charge in [0.1, 0.15) is 0 Å². The van der Waals surface area contributed by atoms with Gasteiger partial charge >= 0.3 is 0 Å². The lowest BCUT2D eigenvalue weighted by molar-refractivity contribution is 0.102. The number of anilines is 2. The second-order valence-electron chi connectivity index (χ2n) is 6.72. The molecule has 1 aliphatic heterocycles. The molecule has 0 bridgehead atoms. The molecule has 1 aliphatic rings. The summed E-state index contributed by atoms with van der Waals surface area (Å²) in [6.07, 6.45) is 3.71. The molecule has 7 heteroatoms. The van der Waals surface area contributed by atoms with E-state index in [1.807, 2.05) is 48.7 Å².